The molecule has 0 spiro atoms. The van der Waals surface area contributed by atoms with Crippen LogP contribution in [0.4, 0.5) is 0 Å². The van der Waals surface area contributed by atoms with E-state index in [-0.39, 0.29) is 31.3 Å². The summed E-state index contributed by atoms with van der Waals surface area (Å²) in [4.78, 5) is 26.0. The third-order valence-electron chi connectivity index (χ3n) is 10.1. The summed E-state index contributed by atoms with van der Waals surface area (Å²) in [5.74, 6) is -0.724. The van der Waals surface area contributed by atoms with E-state index >= 15 is 0 Å². The van der Waals surface area contributed by atoms with Crippen LogP contribution in [0.25, 0.3) is 0 Å². The van der Waals surface area contributed by atoms with Crippen LogP contribution < -0.4 is 5.32 Å². The molecule has 62 heavy (non-hydrogen) atoms. The van der Waals surface area contributed by atoms with E-state index in [1.165, 1.54) is 64.2 Å². The van der Waals surface area contributed by atoms with Crippen molar-refractivity contribution in [2.45, 2.75) is 200 Å². The highest BCUT2D eigenvalue weighted by Gasteiger charge is 2.23. The Morgan fingerprint density at radius 3 is 1.40 bits per heavy atom. The molecular formula is C56H89NO5. The number of aliphatic hydroxyl groups excluding tert-OH is 2. The summed E-state index contributed by atoms with van der Waals surface area (Å²) in [5.41, 5.74) is 0. The molecule has 0 rings (SSSR count). The van der Waals surface area contributed by atoms with E-state index in [1.54, 1.807) is 0 Å². The molecule has 0 radical (unpaired) electrons. The van der Waals surface area contributed by atoms with Crippen molar-refractivity contribution in [1.29, 1.82) is 0 Å². The standard InChI is InChI=1S/C56H89NO5/c1-4-7-10-13-16-19-22-24-25-26-27-28-29-31-34-37-40-43-46-49-56(61)62-52(47-44-41-38-35-32-21-18-15-12-9-6-3)50-55(60)57-53(51-58)54(59)48-45-42-39-36-33-30-23-20-17-14-11-8-5-2/h7,9-10,12,15-16,18-19,21,24-25,27-28,31-32,34-35,38,40-41,43-44,52-54,58-59H,4-6,8,11,13-14,17,20,22-23,26,29-30,33,36-37,39,42,45-51H2,1-3H3,(H,57,60)/b10-7-,12-9+,18-15+,19-16-,25-24-,28-27-,32-21-,34-31-,38-35-,43-40-,44-41+. The quantitative estimate of drug-likeness (QED) is 0.0246. The van der Waals surface area contributed by atoms with Gasteiger partial charge in [-0.05, 0) is 57.8 Å². The molecule has 3 atom stereocenters. The highest BCUT2D eigenvalue weighted by Crippen LogP contribution is 2.15. The number of aliphatic hydroxyl groups is 2. The van der Waals surface area contributed by atoms with Crippen LogP contribution in [-0.2, 0) is 14.3 Å². The van der Waals surface area contributed by atoms with Gasteiger partial charge >= 0.3 is 5.97 Å². The molecule has 0 saturated carbocycles. The summed E-state index contributed by atoms with van der Waals surface area (Å²) in [6, 6.07) is -0.763. The highest BCUT2D eigenvalue weighted by molar-refractivity contribution is 5.77. The first-order valence-corrected chi connectivity index (χ1v) is 24.5. The van der Waals surface area contributed by atoms with E-state index in [4.69, 9.17) is 4.74 Å². The maximum atomic E-state index is 13.1. The number of hydrogen-bond donors (Lipinski definition) is 3. The molecule has 0 aromatic rings. The lowest BCUT2D eigenvalue weighted by molar-refractivity contribution is -0.150. The average molecular weight is 856 g/mol. The summed E-state index contributed by atoms with van der Waals surface area (Å²) < 4.78 is 5.78. The molecule has 348 valence electrons. The molecule has 0 heterocycles. The molecule has 0 aromatic heterocycles. The fourth-order valence-corrected chi connectivity index (χ4v) is 6.48. The number of carbonyl (C=O) groups is 2. The van der Waals surface area contributed by atoms with E-state index in [1.807, 2.05) is 66.8 Å². The summed E-state index contributed by atoms with van der Waals surface area (Å²) >= 11 is 0. The first-order valence-electron chi connectivity index (χ1n) is 24.5. The Hall–Kier alpha value is -4.00. The highest BCUT2D eigenvalue weighted by atomic mass is 16.5. The lowest BCUT2D eigenvalue weighted by Crippen LogP contribution is -2.46. The second-order valence-corrected chi connectivity index (χ2v) is 15.9. The number of allylic oxidation sites excluding steroid dienone is 21. The maximum absolute atomic E-state index is 13.1. The Kier molecular flexibility index (Phi) is 44.9. The Labute approximate surface area is 380 Å². The van der Waals surface area contributed by atoms with Crippen LogP contribution in [0.1, 0.15) is 181 Å². The third kappa shape index (κ3) is 42.7. The number of hydrogen-bond acceptors (Lipinski definition) is 5. The number of unbranched alkanes of at least 4 members (excludes halogenated alkanes) is 12. The zero-order chi connectivity index (χ0) is 45.2. The second kappa shape index (κ2) is 48.0. The van der Waals surface area contributed by atoms with Crippen molar-refractivity contribution in [3.63, 3.8) is 0 Å². The molecule has 6 nitrogen and oxygen atoms in total. The Morgan fingerprint density at radius 1 is 0.516 bits per heavy atom. The monoisotopic (exact) mass is 856 g/mol. The summed E-state index contributed by atoms with van der Waals surface area (Å²) in [6.07, 6.45) is 68.3. The molecule has 0 aliphatic rings. The van der Waals surface area contributed by atoms with E-state index in [0.717, 1.165) is 64.2 Å². The third-order valence-corrected chi connectivity index (χ3v) is 10.1. The van der Waals surface area contributed by atoms with Gasteiger partial charge in [0.15, 0.2) is 0 Å². The molecule has 0 aliphatic carbocycles. The molecule has 6 heteroatoms. The fourth-order valence-electron chi connectivity index (χ4n) is 6.48. The topological polar surface area (TPSA) is 95.9 Å². The Bertz CT molecular complexity index is 1370. The number of esters is 1. The van der Waals surface area contributed by atoms with Gasteiger partial charge in [-0.25, -0.2) is 0 Å². The summed E-state index contributed by atoms with van der Waals surface area (Å²) in [5, 5.41) is 23.6. The zero-order valence-electron chi connectivity index (χ0n) is 39.4. The molecule has 0 saturated heterocycles. The van der Waals surface area contributed by atoms with Crippen LogP contribution in [0.5, 0.6) is 0 Å². The van der Waals surface area contributed by atoms with Crippen LogP contribution in [0.3, 0.4) is 0 Å². The van der Waals surface area contributed by atoms with Gasteiger partial charge < -0.3 is 20.3 Å². The number of carbonyl (C=O) groups excluding carboxylic acids is 2. The number of ether oxygens (including phenoxy) is 1. The zero-order valence-corrected chi connectivity index (χ0v) is 39.4. The van der Waals surface area contributed by atoms with Gasteiger partial charge in [-0.3, -0.25) is 9.59 Å². The van der Waals surface area contributed by atoms with Gasteiger partial charge in [-0.15, -0.1) is 0 Å². The van der Waals surface area contributed by atoms with E-state index in [9.17, 15) is 19.8 Å². The normalized spacial score (nSPS) is 14.5. The van der Waals surface area contributed by atoms with Crippen LogP contribution in [0, 0.1) is 0 Å². The van der Waals surface area contributed by atoms with E-state index < -0.39 is 18.2 Å². The lowest BCUT2D eigenvalue weighted by Gasteiger charge is -2.24. The van der Waals surface area contributed by atoms with Crippen LogP contribution in [0.15, 0.2) is 134 Å². The SMILES string of the molecule is CC/C=C\C/C=C\C/C=C\C/C=C\C/C=C\C/C=C\CCC(=O)OC(C/C=C/C=C\C=C/C=C/C=C/CC)CC(=O)NC(CO)C(O)CCCCCCCCCCCCCCC. The maximum Gasteiger partial charge on any atom is 0.306 e. The molecule has 3 N–H and O–H groups in total. The van der Waals surface area contributed by atoms with Gasteiger partial charge in [-0.2, -0.15) is 0 Å². The van der Waals surface area contributed by atoms with Crippen LogP contribution in [0.2, 0.25) is 0 Å². The van der Waals surface area contributed by atoms with Crippen molar-refractivity contribution < 1.29 is 24.5 Å². The Morgan fingerprint density at radius 2 is 0.935 bits per heavy atom. The van der Waals surface area contributed by atoms with Crippen molar-refractivity contribution in [2.75, 3.05) is 6.61 Å². The van der Waals surface area contributed by atoms with Gasteiger partial charge in [0.25, 0.3) is 0 Å². The summed E-state index contributed by atoms with van der Waals surface area (Å²) in [7, 11) is 0. The van der Waals surface area contributed by atoms with Gasteiger partial charge in [0, 0.05) is 12.8 Å². The predicted molar refractivity (Wildman–Crippen MR) is 268 cm³/mol. The molecule has 0 aliphatic heterocycles. The number of amides is 1. The lowest BCUT2D eigenvalue weighted by atomic mass is 10.0. The molecule has 0 aromatic carbocycles. The van der Waals surface area contributed by atoms with Crippen molar-refractivity contribution >= 4 is 11.9 Å². The van der Waals surface area contributed by atoms with Crippen molar-refractivity contribution in [3.8, 4) is 0 Å². The fraction of sp³-hybridized carbons (Fsp3) is 0.571. The average Bonchev–Trinajstić information content (AvgIpc) is 3.26. The van der Waals surface area contributed by atoms with Gasteiger partial charge in [0.05, 0.1) is 25.2 Å². The van der Waals surface area contributed by atoms with Crippen LogP contribution >= 0.6 is 0 Å². The second-order valence-electron chi connectivity index (χ2n) is 15.9. The molecule has 0 bridgehead atoms. The van der Waals surface area contributed by atoms with E-state index in [0.29, 0.717) is 19.3 Å². The first-order chi connectivity index (χ1) is 30.5. The van der Waals surface area contributed by atoms with Crippen LogP contribution in [-0.4, -0.2) is 46.9 Å². The predicted octanol–water partition coefficient (Wildman–Crippen LogP) is 14.7. The van der Waals surface area contributed by atoms with Gasteiger partial charge in [0.2, 0.25) is 5.91 Å². The minimum absolute atomic E-state index is 0.0579. The van der Waals surface area contributed by atoms with Crippen molar-refractivity contribution in [3.05, 3.63) is 134 Å². The molecular weight excluding hydrogens is 767 g/mol. The minimum Gasteiger partial charge on any atom is -0.461 e. The number of rotatable bonds is 41. The minimum atomic E-state index is -0.838. The molecule has 1 amide bonds. The Balaban J connectivity index is 4.80. The van der Waals surface area contributed by atoms with Crippen molar-refractivity contribution in [2.24, 2.45) is 0 Å². The van der Waals surface area contributed by atoms with Gasteiger partial charge in [0.1, 0.15) is 6.10 Å². The van der Waals surface area contributed by atoms with Crippen molar-refractivity contribution in [1.82, 2.24) is 5.32 Å². The summed E-state index contributed by atoms with van der Waals surface area (Å²) in [6.45, 7) is 6.14. The molecule has 3 unspecified atom stereocenters. The van der Waals surface area contributed by atoms with E-state index in [2.05, 4.69) is 92.9 Å². The molecule has 0 fully saturated rings. The first kappa shape index (κ1) is 58.0. The number of nitrogens with one attached hydrogen (secondary N) is 1. The van der Waals surface area contributed by atoms with Gasteiger partial charge in [-0.1, -0.05) is 238 Å². The smallest absolute Gasteiger partial charge is 0.306 e. The largest absolute Gasteiger partial charge is 0.461 e.